The van der Waals surface area contributed by atoms with Crippen LogP contribution in [0.4, 0.5) is 5.69 Å². The lowest BCUT2D eigenvalue weighted by molar-refractivity contribution is -0.119. The summed E-state index contributed by atoms with van der Waals surface area (Å²) in [6.45, 7) is 0.180. The van der Waals surface area contributed by atoms with Crippen molar-refractivity contribution < 1.29 is 14.3 Å². The number of aryl methyl sites for hydroxylation is 1. The molecule has 0 spiro atoms. The van der Waals surface area contributed by atoms with Gasteiger partial charge in [0.1, 0.15) is 5.82 Å². The maximum Gasteiger partial charge on any atom is 0.338 e. The molecule has 0 radical (unpaired) electrons. The summed E-state index contributed by atoms with van der Waals surface area (Å²) in [5, 5.41) is 3.11. The highest BCUT2D eigenvalue weighted by Crippen LogP contribution is 2.18. The number of nitrogens with one attached hydrogen (secondary N) is 1. The van der Waals surface area contributed by atoms with E-state index in [4.69, 9.17) is 16.3 Å². The number of benzene rings is 1. The molecule has 9 heteroatoms. The molecule has 0 atom stereocenters. The number of fused-ring (bicyclic) bond motifs is 2. The fourth-order valence-electron chi connectivity index (χ4n) is 3.09. The molecule has 2 aromatic heterocycles. The summed E-state index contributed by atoms with van der Waals surface area (Å²) in [5.41, 5.74) is 0.883. The van der Waals surface area contributed by atoms with Crippen molar-refractivity contribution in [1.82, 2.24) is 14.5 Å². The van der Waals surface area contributed by atoms with Gasteiger partial charge in [-0.1, -0.05) is 11.6 Å². The molecule has 0 aliphatic carbocycles. The van der Waals surface area contributed by atoms with Crippen molar-refractivity contribution >= 4 is 40.1 Å². The van der Waals surface area contributed by atoms with E-state index in [9.17, 15) is 14.4 Å². The van der Waals surface area contributed by atoms with Gasteiger partial charge >= 0.3 is 5.97 Å². The monoisotopic (exact) mass is 398 g/mol. The maximum absolute atomic E-state index is 12.5. The molecule has 0 saturated heterocycles. The van der Waals surface area contributed by atoms with Crippen LogP contribution in [0.5, 0.6) is 0 Å². The summed E-state index contributed by atoms with van der Waals surface area (Å²) >= 11 is 5.87. The number of anilines is 1. The smallest absolute Gasteiger partial charge is 0.338 e. The first kappa shape index (κ1) is 18.1. The lowest BCUT2D eigenvalue weighted by Crippen LogP contribution is -2.22. The number of aromatic nitrogens is 3. The van der Waals surface area contributed by atoms with Crippen LogP contribution in [-0.4, -0.2) is 33.0 Å². The third kappa shape index (κ3) is 3.46. The Labute approximate surface area is 164 Å². The average molecular weight is 399 g/mol. The molecule has 3 aromatic rings. The number of hydrogen-bond acceptors (Lipinski definition) is 6. The van der Waals surface area contributed by atoms with Gasteiger partial charge in [0.15, 0.2) is 11.8 Å². The van der Waals surface area contributed by atoms with Gasteiger partial charge in [0.05, 0.1) is 22.2 Å². The molecule has 1 amide bonds. The van der Waals surface area contributed by atoms with E-state index in [0.29, 0.717) is 23.1 Å². The first-order chi connectivity index (χ1) is 13.5. The Hall–Kier alpha value is -3.26. The van der Waals surface area contributed by atoms with Crippen molar-refractivity contribution in [3.63, 3.8) is 0 Å². The molecule has 1 N–H and O–H groups in total. The fraction of sp³-hybridized carbons (Fsp3) is 0.211. The Morgan fingerprint density at radius 1 is 1.29 bits per heavy atom. The quantitative estimate of drug-likeness (QED) is 0.533. The van der Waals surface area contributed by atoms with E-state index in [1.165, 1.54) is 18.3 Å². The van der Waals surface area contributed by atoms with E-state index in [1.807, 2.05) is 0 Å². The summed E-state index contributed by atoms with van der Waals surface area (Å²) in [7, 11) is 0. The molecule has 142 valence electrons. The first-order valence-corrected chi connectivity index (χ1v) is 9.02. The van der Waals surface area contributed by atoms with Gasteiger partial charge in [-0.15, -0.1) is 0 Å². The standard InChI is InChI=1S/C19H15ClN4O4/c20-17-13(3-1-7-21-17)23-16(25)10-28-19(27)11-5-6-12-14(9-11)22-15-4-2-8-24(15)18(12)26/h1,3,5-7,9H,2,4,8,10H2,(H,23,25). The molecular weight excluding hydrogens is 384 g/mol. The number of rotatable bonds is 4. The second kappa shape index (κ2) is 7.40. The fourth-order valence-corrected chi connectivity index (χ4v) is 3.26. The Morgan fingerprint density at radius 2 is 2.14 bits per heavy atom. The SMILES string of the molecule is O=C(COC(=O)c1ccc2c(=O)n3c(nc2c1)CCC3)Nc1cccnc1Cl. The molecule has 0 saturated carbocycles. The van der Waals surface area contributed by atoms with Gasteiger partial charge in [-0.2, -0.15) is 0 Å². The summed E-state index contributed by atoms with van der Waals surface area (Å²) < 4.78 is 6.71. The Kier molecular flexibility index (Phi) is 4.79. The highest BCUT2D eigenvalue weighted by atomic mass is 35.5. The van der Waals surface area contributed by atoms with Crippen molar-refractivity contribution in [3.8, 4) is 0 Å². The molecule has 28 heavy (non-hydrogen) atoms. The van der Waals surface area contributed by atoms with Gasteiger partial charge in [0.25, 0.3) is 11.5 Å². The van der Waals surface area contributed by atoms with Crippen molar-refractivity contribution in [2.75, 3.05) is 11.9 Å². The third-order valence-electron chi connectivity index (χ3n) is 4.42. The number of halogens is 1. The summed E-state index contributed by atoms with van der Waals surface area (Å²) in [5.74, 6) is -0.509. The zero-order valence-electron chi connectivity index (χ0n) is 14.6. The number of carbonyl (C=O) groups excluding carboxylic acids is 2. The molecule has 0 fully saturated rings. The number of ether oxygens (including phenoxy) is 1. The second-order valence-corrected chi connectivity index (χ2v) is 6.64. The summed E-state index contributed by atoms with van der Waals surface area (Å²) in [6.07, 6.45) is 3.10. The number of amides is 1. The minimum Gasteiger partial charge on any atom is -0.452 e. The van der Waals surface area contributed by atoms with Crippen LogP contribution in [0.15, 0.2) is 41.3 Å². The van der Waals surface area contributed by atoms with Crippen LogP contribution in [0.2, 0.25) is 5.15 Å². The molecule has 1 aliphatic rings. The van der Waals surface area contributed by atoms with E-state index in [1.54, 1.807) is 22.8 Å². The van der Waals surface area contributed by atoms with Crippen molar-refractivity contribution in [2.45, 2.75) is 19.4 Å². The van der Waals surface area contributed by atoms with E-state index in [0.717, 1.165) is 18.7 Å². The highest BCUT2D eigenvalue weighted by molar-refractivity contribution is 6.32. The predicted octanol–water partition coefficient (Wildman–Crippen LogP) is 2.19. The van der Waals surface area contributed by atoms with Crippen LogP contribution in [0.1, 0.15) is 22.6 Å². The first-order valence-electron chi connectivity index (χ1n) is 8.64. The molecule has 8 nitrogen and oxygen atoms in total. The van der Waals surface area contributed by atoms with Crippen LogP contribution in [-0.2, 0) is 22.5 Å². The second-order valence-electron chi connectivity index (χ2n) is 6.29. The van der Waals surface area contributed by atoms with Crippen LogP contribution in [0.3, 0.4) is 0 Å². The van der Waals surface area contributed by atoms with E-state index in [2.05, 4.69) is 15.3 Å². The molecule has 0 unspecified atom stereocenters. The number of carbonyl (C=O) groups is 2. The van der Waals surface area contributed by atoms with Gasteiger partial charge in [0.2, 0.25) is 0 Å². The summed E-state index contributed by atoms with van der Waals surface area (Å²) in [4.78, 5) is 45.0. The zero-order chi connectivity index (χ0) is 19.7. The largest absolute Gasteiger partial charge is 0.452 e. The van der Waals surface area contributed by atoms with Crippen LogP contribution in [0.25, 0.3) is 10.9 Å². The van der Waals surface area contributed by atoms with Crippen LogP contribution in [0, 0.1) is 0 Å². The normalized spacial score (nSPS) is 12.6. The van der Waals surface area contributed by atoms with Gasteiger partial charge in [0, 0.05) is 19.2 Å². The molecule has 1 aromatic carbocycles. The molecule has 0 bridgehead atoms. The van der Waals surface area contributed by atoms with Crippen molar-refractivity contribution in [1.29, 1.82) is 0 Å². The molecule has 3 heterocycles. The Balaban J connectivity index is 1.47. The minimum atomic E-state index is -0.684. The Morgan fingerprint density at radius 3 is 2.96 bits per heavy atom. The summed E-state index contributed by atoms with van der Waals surface area (Å²) in [6, 6.07) is 7.76. The van der Waals surface area contributed by atoms with Crippen LogP contribution < -0.4 is 10.9 Å². The minimum absolute atomic E-state index is 0.106. The zero-order valence-corrected chi connectivity index (χ0v) is 15.4. The number of hydrogen-bond donors (Lipinski definition) is 1. The van der Waals surface area contributed by atoms with Crippen molar-refractivity contribution in [3.05, 3.63) is 63.4 Å². The van der Waals surface area contributed by atoms with Gasteiger partial charge in [-0.25, -0.2) is 14.8 Å². The number of nitrogens with zero attached hydrogens (tertiary/aromatic N) is 3. The topological polar surface area (TPSA) is 103 Å². The van der Waals surface area contributed by atoms with Gasteiger partial charge < -0.3 is 10.1 Å². The Bertz CT molecular complexity index is 1160. The highest BCUT2D eigenvalue weighted by Gasteiger charge is 2.18. The molecule has 1 aliphatic heterocycles. The average Bonchev–Trinajstić information content (AvgIpc) is 3.16. The van der Waals surface area contributed by atoms with E-state index < -0.39 is 18.5 Å². The van der Waals surface area contributed by atoms with Crippen molar-refractivity contribution in [2.24, 2.45) is 0 Å². The number of pyridine rings is 1. The lowest BCUT2D eigenvalue weighted by Gasteiger charge is -2.08. The lowest BCUT2D eigenvalue weighted by atomic mass is 10.1. The van der Waals surface area contributed by atoms with Gasteiger partial charge in [-0.3, -0.25) is 14.2 Å². The predicted molar refractivity (Wildman–Crippen MR) is 102 cm³/mol. The maximum atomic E-state index is 12.5. The number of esters is 1. The third-order valence-corrected chi connectivity index (χ3v) is 4.72. The van der Waals surface area contributed by atoms with E-state index >= 15 is 0 Å². The van der Waals surface area contributed by atoms with E-state index in [-0.39, 0.29) is 16.3 Å². The van der Waals surface area contributed by atoms with Gasteiger partial charge in [-0.05, 0) is 36.8 Å². The molecule has 4 rings (SSSR count). The molecular formula is C19H15ClN4O4. The van der Waals surface area contributed by atoms with Crippen LogP contribution >= 0.6 is 11.6 Å².